The second-order valence-corrected chi connectivity index (χ2v) is 8.52. The van der Waals surface area contributed by atoms with Crippen molar-refractivity contribution >= 4 is 29.5 Å². The molecule has 1 aromatic heterocycles. The zero-order valence-electron chi connectivity index (χ0n) is 11.6. The number of carbonyl (C=O) groups is 1. The van der Waals surface area contributed by atoms with Gasteiger partial charge in [-0.15, -0.1) is 15.0 Å². The molecule has 2 aliphatic heterocycles. The molecule has 114 valence electrons. The largest absolute Gasteiger partial charge is 0.479 e. The van der Waals surface area contributed by atoms with Crippen LogP contribution in [0.3, 0.4) is 0 Å². The van der Waals surface area contributed by atoms with Gasteiger partial charge in [0, 0.05) is 11.7 Å². The number of aromatic nitrogens is 4. The van der Waals surface area contributed by atoms with Gasteiger partial charge in [-0.05, 0) is 53.6 Å². The summed E-state index contributed by atoms with van der Waals surface area (Å²) in [7, 11) is 0. The molecule has 0 spiro atoms. The maximum Gasteiger partial charge on any atom is 0.333 e. The summed E-state index contributed by atoms with van der Waals surface area (Å²) in [6.07, 6.45) is 2.36. The molecule has 4 rings (SSSR count). The maximum atomic E-state index is 11.9. The van der Waals surface area contributed by atoms with E-state index in [-0.39, 0.29) is 0 Å². The standard InChI is InChI=1S/C13H18N4O2S2/c18-12(19)13(3-9-6-21-7-10(9)4-13)17-15-11(14-16-17)8-1-2-20-5-8/h8-10H,1-7H2,(H,18,19)/t8?,9-,10+,13?. The molecular formula is C13H18N4O2S2. The van der Waals surface area contributed by atoms with Crippen LogP contribution in [0.5, 0.6) is 0 Å². The average Bonchev–Trinajstić information content (AvgIpc) is 3.21. The number of carboxylic acid groups (broad SMARTS) is 1. The van der Waals surface area contributed by atoms with Gasteiger partial charge >= 0.3 is 5.97 Å². The van der Waals surface area contributed by atoms with E-state index in [2.05, 4.69) is 15.4 Å². The van der Waals surface area contributed by atoms with Crippen molar-refractivity contribution in [3.63, 3.8) is 0 Å². The number of thioether (sulfide) groups is 2. The summed E-state index contributed by atoms with van der Waals surface area (Å²) < 4.78 is 0. The third-order valence-electron chi connectivity index (χ3n) is 5.04. The number of carboxylic acids is 1. The summed E-state index contributed by atoms with van der Waals surface area (Å²) in [5, 5.41) is 22.6. The highest BCUT2D eigenvalue weighted by molar-refractivity contribution is 7.99. The molecule has 3 fully saturated rings. The van der Waals surface area contributed by atoms with Crippen LogP contribution >= 0.6 is 23.5 Å². The fourth-order valence-corrected chi connectivity index (χ4v) is 6.52. The first kappa shape index (κ1) is 13.9. The Hall–Kier alpha value is -0.760. The first-order chi connectivity index (χ1) is 10.2. The molecule has 4 atom stereocenters. The number of hydrogen-bond donors (Lipinski definition) is 1. The van der Waals surface area contributed by atoms with E-state index in [1.807, 2.05) is 23.5 Å². The predicted octanol–water partition coefficient (Wildman–Crippen LogP) is 1.45. The van der Waals surface area contributed by atoms with Crippen LogP contribution < -0.4 is 0 Å². The van der Waals surface area contributed by atoms with Crippen LogP contribution in [0.2, 0.25) is 0 Å². The predicted molar refractivity (Wildman–Crippen MR) is 81.6 cm³/mol. The molecule has 8 heteroatoms. The monoisotopic (exact) mass is 326 g/mol. The molecule has 1 aliphatic carbocycles. The summed E-state index contributed by atoms with van der Waals surface area (Å²) in [6, 6.07) is 0. The Morgan fingerprint density at radius 3 is 2.62 bits per heavy atom. The van der Waals surface area contributed by atoms with Crippen LogP contribution in [0.15, 0.2) is 0 Å². The number of tetrazole rings is 1. The van der Waals surface area contributed by atoms with Crippen LogP contribution in [0.25, 0.3) is 0 Å². The fourth-order valence-electron chi connectivity index (χ4n) is 3.78. The SMILES string of the molecule is O=C(O)C1(n2nnc(C3CCSC3)n2)C[C@H]2CSC[C@H]2C1. The topological polar surface area (TPSA) is 80.9 Å². The quantitative estimate of drug-likeness (QED) is 0.900. The third kappa shape index (κ3) is 2.18. The number of nitrogens with zero attached hydrogens (tertiary/aromatic N) is 4. The molecule has 2 unspecified atom stereocenters. The number of fused-ring (bicyclic) bond motifs is 1. The molecule has 0 amide bonds. The Kier molecular flexibility index (Phi) is 3.40. The van der Waals surface area contributed by atoms with Gasteiger partial charge < -0.3 is 5.11 Å². The van der Waals surface area contributed by atoms with Crippen molar-refractivity contribution in [2.75, 3.05) is 23.0 Å². The molecule has 1 aromatic rings. The minimum Gasteiger partial charge on any atom is -0.479 e. The molecule has 0 aromatic carbocycles. The first-order valence-corrected chi connectivity index (χ1v) is 9.69. The highest BCUT2D eigenvalue weighted by Gasteiger charge is 2.55. The van der Waals surface area contributed by atoms with Crippen molar-refractivity contribution in [3.05, 3.63) is 5.82 Å². The third-order valence-corrected chi connectivity index (χ3v) is 7.53. The van der Waals surface area contributed by atoms with Gasteiger partial charge in [-0.25, -0.2) is 4.79 Å². The van der Waals surface area contributed by atoms with Gasteiger partial charge in [-0.3, -0.25) is 0 Å². The Balaban J connectivity index is 1.64. The van der Waals surface area contributed by atoms with Crippen LogP contribution in [-0.4, -0.2) is 54.3 Å². The van der Waals surface area contributed by atoms with E-state index in [0.717, 1.165) is 35.3 Å². The van der Waals surface area contributed by atoms with Crippen LogP contribution in [0.4, 0.5) is 0 Å². The molecule has 1 saturated carbocycles. The van der Waals surface area contributed by atoms with E-state index >= 15 is 0 Å². The van der Waals surface area contributed by atoms with Crippen LogP contribution in [0, 0.1) is 11.8 Å². The molecule has 2 saturated heterocycles. The summed E-state index contributed by atoms with van der Waals surface area (Å²) in [5.74, 6) is 5.54. The van der Waals surface area contributed by atoms with E-state index in [0.29, 0.717) is 30.6 Å². The van der Waals surface area contributed by atoms with Crippen molar-refractivity contribution in [1.82, 2.24) is 20.2 Å². The lowest BCUT2D eigenvalue weighted by atomic mass is 9.97. The van der Waals surface area contributed by atoms with Gasteiger partial charge in [0.2, 0.25) is 0 Å². The van der Waals surface area contributed by atoms with E-state index in [4.69, 9.17) is 0 Å². The van der Waals surface area contributed by atoms with E-state index in [9.17, 15) is 9.90 Å². The second-order valence-electron chi connectivity index (χ2n) is 6.30. The van der Waals surface area contributed by atoms with Gasteiger partial charge in [-0.2, -0.15) is 23.5 Å². The number of hydrogen-bond acceptors (Lipinski definition) is 6. The highest BCUT2D eigenvalue weighted by atomic mass is 32.2. The van der Waals surface area contributed by atoms with Gasteiger partial charge in [-0.1, -0.05) is 0 Å². The van der Waals surface area contributed by atoms with Crippen LogP contribution in [-0.2, 0) is 10.3 Å². The molecule has 0 bridgehead atoms. The average molecular weight is 326 g/mol. The first-order valence-electron chi connectivity index (χ1n) is 7.38. The van der Waals surface area contributed by atoms with Crippen LogP contribution in [0.1, 0.15) is 31.0 Å². The van der Waals surface area contributed by atoms with E-state index < -0.39 is 11.5 Å². The van der Waals surface area contributed by atoms with Gasteiger partial charge in [0.25, 0.3) is 0 Å². The molecule has 6 nitrogen and oxygen atoms in total. The minimum atomic E-state index is -0.965. The fraction of sp³-hybridized carbons (Fsp3) is 0.846. The molecule has 3 aliphatic rings. The maximum absolute atomic E-state index is 11.9. The lowest BCUT2D eigenvalue weighted by Gasteiger charge is -2.23. The normalized spacial score (nSPS) is 38.8. The molecule has 0 radical (unpaired) electrons. The Labute approximate surface area is 131 Å². The summed E-state index contributed by atoms with van der Waals surface area (Å²) >= 11 is 3.84. The lowest BCUT2D eigenvalue weighted by molar-refractivity contribution is -0.149. The van der Waals surface area contributed by atoms with E-state index in [1.54, 1.807) is 0 Å². The number of rotatable bonds is 3. The van der Waals surface area contributed by atoms with Gasteiger partial charge in [0.15, 0.2) is 11.4 Å². The van der Waals surface area contributed by atoms with Crippen molar-refractivity contribution in [3.8, 4) is 0 Å². The highest BCUT2D eigenvalue weighted by Crippen LogP contribution is 2.50. The second kappa shape index (κ2) is 5.15. The molecular weight excluding hydrogens is 308 g/mol. The van der Waals surface area contributed by atoms with Gasteiger partial charge in [0.05, 0.1) is 0 Å². The Morgan fingerprint density at radius 2 is 2.00 bits per heavy atom. The lowest BCUT2D eigenvalue weighted by Crippen LogP contribution is -2.42. The smallest absolute Gasteiger partial charge is 0.333 e. The summed E-state index contributed by atoms with van der Waals surface area (Å²) in [6.45, 7) is 0. The molecule has 1 N–H and O–H groups in total. The molecule has 21 heavy (non-hydrogen) atoms. The Morgan fingerprint density at radius 1 is 1.24 bits per heavy atom. The zero-order valence-corrected chi connectivity index (χ0v) is 13.3. The minimum absolute atomic E-state index is 0.339. The summed E-state index contributed by atoms with van der Waals surface area (Å²) in [4.78, 5) is 13.4. The van der Waals surface area contributed by atoms with Crippen molar-refractivity contribution in [1.29, 1.82) is 0 Å². The molecule has 3 heterocycles. The number of aliphatic carboxylic acids is 1. The van der Waals surface area contributed by atoms with Crippen molar-refractivity contribution < 1.29 is 9.90 Å². The van der Waals surface area contributed by atoms with E-state index in [1.165, 1.54) is 4.80 Å². The zero-order chi connectivity index (χ0) is 14.4. The Bertz CT molecular complexity index is 546. The van der Waals surface area contributed by atoms with Crippen molar-refractivity contribution in [2.24, 2.45) is 11.8 Å². The van der Waals surface area contributed by atoms with Crippen molar-refractivity contribution in [2.45, 2.75) is 30.7 Å². The van der Waals surface area contributed by atoms with Gasteiger partial charge in [0.1, 0.15) is 0 Å². The summed E-state index contributed by atoms with van der Waals surface area (Å²) in [5.41, 5.74) is -0.965.